The fourth-order valence-electron chi connectivity index (χ4n) is 5.87. The van der Waals surface area contributed by atoms with Gasteiger partial charge in [0.25, 0.3) is 0 Å². The van der Waals surface area contributed by atoms with Crippen molar-refractivity contribution in [3.8, 4) is 11.1 Å². The summed E-state index contributed by atoms with van der Waals surface area (Å²) in [5, 5.41) is 12.3. The highest BCUT2D eigenvalue weighted by Crippen LogP contribution is 2.44. The number of carboxylic acid groups (broad SMARTS) is 1. The van der Waals surface area contributed by atoms with Gasteiger partial charge in [-0.3, -0.25) is 9.59 Å². The van der Waals surface area contributed by atoms with E-state index in [9.17, 15) is 19.5 Å². The number of hydrogen-bond acceptors (Lipinski definition) is 4. The number of nitrogens with zero attached hydrogens (tertiary/aromatic N) is 1. The van der Waals surface area contributed by atoms with Crippen LogP contribution in [0.25, 0.3) is 11.1 Å². The molecule has 2 fully saturated rings. The second-order valence-corrected chi connectivity index (χ2v) is 9.84. The Balaban J connectivity index is 1.14. The number of nitrogens with one attached hydrogen (secondary N) is 1. The lowest BCUT2D eigenvalue weighted by Crippen LogP contribution is -2.37. The van der Waals surface area contributed by atoms with Crippen LogP contribution in [0.15, 0.2) is 48.5 Å². The first-order valence-corrected chi connectivity index (χ1v) is 12.1. The van der Waals surface area contributed by atoms with Crippen molar-refractivity contribution in [2.75, 3.05) is 19.7 Å². The number of rotatable bonds is 5. The van der Waals surface area contributed by atoms with Gasteiger partial charge in [0, 0.05) is 31.0 Å². The lowest BCUT2D eigenvalue weighted by Gasteiger charge is -2.21. The Morgan fingerprint density at radius 1 is 1.00 bits per heavy atom. The van der Waals surface area contributed by atoms with Crippen molar-refractivity contribution in [2.45, 2.75) is 38.1 Å². The van der Waals surface area contributed by atoms with Gasteiger partial charge in [0.15, 0.2) is 0 Å². The minimum Gasteiger partial charge on any atom is -0.481 e. The van der Waals surface area contributed by atoms with E-state index < -0.39 is 18.0 Å². The number of carbonyl (C=O) groups excluding carboxylic acids is 2. The Hall–Kier alpha value is -3.35. The summed E-state index contributed by atoms with van der Waals surface area (Å²) in [6.07, 6.45) is 1.51. The van der Waals surface area contributed by atoms with Crippen LogP contribution in [0, 0.1) is 17.8 Å². The lowest BCUT2D eigenvalue weighted by molar-refractivity contribution is -0.142. The van der Waals surface area contributed by atoms with E-state index in [1.807, 2.05) is 31.2 Å². The Morgan fingerprint density at radius 3 is 2.26 bits per heavy atom. The molecule has 1 saturated heterocycles. The maximum atomic E-state index is 12.9. The van der Waals surface area contributed by atoms with Gasteiger partial charge in [-0.25, -0.2) is 4.79 Å². The highest BCUT2D eigenvalue weighted by Gasteiger charge is 2.41. The maximum absolute atomic E-state index is 12.9. The largest absolute Gasteiger partial charge is 0.481 e. The lowest BCUT2D eigenvalue weighted by atomic mass is 9.98. The molecule has 2 aliphatic carbocycles. The molecule has 3 aliphatic rings. The molecule has 0 bridgehead atoms. The summed E-state index contributed by atoms with van der Waals surface area (Å²) in [6.45, 7) is 2.90. The summed E-state index contributed by atoms with van der Waals surface area (Å²) < 4.78 is 5.64. The van der Waals surface area contributed by atoms with Crippen molar-refractivity contribution < 1.29 is 24.2 Å². The van der Waals surface area contributed by atoms with Crippen LogP contribution in [0.5, 0.6) is 0 Å². The third-order valence-electron chi connectivity index (χ3n) is 7.69. The SMILES string of the molecule is C[C@@H]1CN(C(=O)[C@H]2CC[C@@H](NC(=O)OCC3c4ccccc4-c4ccccc43)C2)C[C@H]1C(=O)O. The summed E-state index contributed by atoms with van der Waals surface area (Å²) in [6, 6.07) is 16.3. The van der Waals surface area contributed by atoms with E-state index >= 15 is 0 Å². The molecule has 7 nitrogen and oxygen atoms in total. The fraction of sp³-hybridized carbons (Fsp3) is 0.444. The summed E-state index contributed by atoms with van der Waals surface area (Å²) in [5.74, 6) is -1.55. The van der Waals surface area contributed by atoms with Gasteiger partial charge in [-0.2, -0.15) is 0 Å². The number of benzene rings is 2. The summed E-state index contributed by atoms with van der Waals surface area (Å²) >= 11 is 0. The van der Waals surface area contributed by atoms with E-state index in [0.29, 0.717) is 25.8 Å². The van der Waals surface area contributed by atoms with Gasteiger partial charge in [0.2, 0.25) is 5.91 Å². The van der Waals surface area contributed by atoms with Crippen molar-refractivity contribution >= 4 is 18.0 Å². The van der Waals surface area contributed by atoms with Crippen molar-refractivity contribution in [2.24, 2.45) is 17.8 Å². The number of hydrogen-bond donors (Lipinski definition) is 2. The summed E-state index contributed by atoms with van der Waals surface area (Å²) in [5.41, 5.74) is 4.71. The Kier molecular flexibility index (Phi) is 6.02. The first-order chi connectivity index (χ1) is 16.4. The van der Waals surface area contributed by atoms with E-state index in [1.54, 1.807) is 4.90 Å². The molecule has 0 unspecified atom stereocenters. The maximum Gasteiger partial charge on any atom is 0.407 e. The van der Waals surface area contributed by atoms with Crippen LogP contribution in [0.4, 0.5) is 4.79 Å². The molecule has 0 spiro atoms. The highest BCUT2D eigenvalue weighted by molar-refractivity contribution is 5.82. The van der Waals surface area contributed by atoms with Crippen LogP contribution >= 0.6 is 0 Å². The van der Waals surface area contributed by atoms with Crippen LogP contribution in [0.1, 0.15) is 43.2 Å². The Morgan fingerprint density at radius 2 is 1.65 bits per heavy atom. The summed E-state index contributed by atoms with van der Waals surface area (Å²) in [7, 11) is 0. The number of likely N-dealkylation sites (tertiary alicyclic amines) is 1. The van der Waals surface area contributed by atoms with Crippen molar-refractivity contribution in [1.82, 2.24) is 10.2 Å². The van der Waals surface area contributed by atoms with E-state index in [4.69, 9.17) is 4.74 Å². The molecular formula is C27H30N2O5. The van der Waals surface area contributed by atoms with Crippen LogP contribution in [0.3, 0.4) is 0 Å². The zero-order valence-corrected chi connectivity index (χ0v) is 19.3. The van der Waals surface area contributed by atoms with Crippen LogP contribution < -0.4 is 5.32 Å². The van der Waals surface area contributed by atoms with Gasteiger partial charge in [0.05, 0.1) is 5.92 Å². The molecule has 7 heteroatoms. The van der Waals surface area contributed by atoms with E-state index in [0.717, 1.165) is 0 Å². The minimum atomic E-state index is -0.843. The van der Waals surface area contributed by atoms with E-state index in [2.05, 4.69) is 29.6 Å². The smallest absolute Gasteiger partial charge is 0.407 e. The van der Waals surface area contributed by atoms with E-state index in [-0.39, 0.29) is 42.9 Å². The Bertz CT molecular complexity index is 1070. The average Bonchev–Trinajstić information content (AvgIpc) is 3.53. The molecule has 2 amide bonds. The molecule has 4 atom stereocenters. The highest BCUT2D eigenvalue weighted by atomic mass is 16.5. The van der Waals surface area contributed by atoms with Crippen LogP contribution in [0.2, 0.25) is 0 Å². The van der Waals surface area contributed by atoms with Gasteiger partial charge in [-0.15, -0.1) is 0 Å². The molecule has 178 valence electrons. The number of alkyl carbamates (subject to hydrolysis) is 1. The number of aliphatic carboxylic acids is 1. The summed E-state index contributed by atoms with van der Waals surface area (Å²) in [4.78, 5) is 38.5. The molecule has 1 saturated carbocycles. The molecular weight excluding hydrogens is 432 g/mol. The number of carbonyl (C=O) groups is 3. The predicted molar refractivity (Wildman–Crippen MR) is 126 cm³/mol. The van der Waals surface area contributed by atoms with Gasteiger partial charge in [0.1, 0.15) is 6.61 Å². The van der Waals surface area contributed by atoms with E-state index in [1.165, 1.54) is 22.3 Å². The molecule has 5 rings (SSSR count). The molecule has 2 N–H and O–H groups in total. The van der Waals surface area contributed by atoms with Crippen molar-refractivity contribution in [1.29, 1.82) is 0 Å². The molecule has 0 aromatic heterocycles. The molecule has 2 aromatic carbocycles. The quantitative estimate of drug-likeness (QED) is 0.703. The zero-order chi connectivity index (χ0) is 23.8. The van der Waals surface area contributed by atoms with Gasteiger partial charge in [-0.05, 0) is 47.4 Å². The monoisotopic (exact) mass is 462 g/mol. The van der Waals surface area contributed by atoms with Crippen LogP contribution in [-0.4, -0.2) is 53.7 Å². The predicted octanol–water partition coefficient (Wildman–Crippen LogP) is 3.87. The third kappa shape index (κ3) is 4.15. The topological polar surface area (TPSA) is 95.9 Å². The molecule has 34 heavy (non-hydrogen) atoms. The molecule has 1 aliphatic heterocycles. The second kappa shape index (κ2) is 9.12. The first kappa shape index (κ1) is 22.4. The second-order valence-electron chi connectivity index (χ2n) is 9.84. The Labute approximate surface area is 199 Å². The van der Waals surface area contributed by atoms with Crippen LogP contribution in [-0.2, 0) is 14.3 Å². The normalized spacial score (nSPS) is 25.6. The molecule has 0 radical (unpaired) electrons. The zero-order valence-electron chi connectivity index (χ0n) is 19.3. The first-order valence-electron chi connectivity index (χ1n) is 12.1. The van der Waals surface area contributed by atoms with Crippen molar-refractivity contribution in [3.05, 3.63) is 59.7 Å². The minimum absolute atomic E-state index is 0.00689. The fourth-order valence-corrected chi connectivity index (χ4v) is 5.87. The third-order valence-corrected chi connectivity index (χ3v) is 7.69. The average molecular weight is 463 g/mol. The van der Waals surface area contributed by atoms with Crippen molar-refractivity contribution in [3.63, 3.8) is 0 Å². The number of carboxylic acids is 1. The molecule has 1 heterocycles. The molecule has 2 aromatic rings. The van der Waals surface area contributed by atoms with Gasteiger partial charge < -0.3 is 20.1 Å². The number of fused-ring (bicyclic) bond motifs is 3. The number of amides is 2. The van der Waals surface area contributed by atoms with Gasteiger partial charge >= 0.3 is 12.1 Å². The number of ether oxygens (including phenoxy) is 1. The standard InChI is InChI=1S/C27H30N2O5/c1-16-13-29(14-23(16)26(31)32)25(30)17-10-11-18(12-17)28-27(33)34-15-24-21-8-4-2-6-19(21)20-7-3-5-9-22(20)24/h2-9,16-18,23-24H,10-15H2,1H3,(H,28,33)(H,31,32)/t16-,17+,18-,23-/m1/s1. The van der Waals surface area contributed by atoms with Gasteiger partial charge in [-0.1, -0.05) is 55.5 Å².